The van der Waals surface area contributed by atoms with Crippen molar-refractivity contribution in [1.29, 1.82) is 0 Å². The summed E-state index contributed by atoms with van der Waals surface area (Å²) in [6, 6.07) is 11.4. The van der Waals surface area contributed by atoms with E-state index < -0.39 is 11.0 Å². The van der Waals surface area contributed by atoms with Crippen LogP contribution < -0.4 is 4.74 Å². The molecule has 3 aromatic rings. The van der Waals surface area contributed by atoms with E-state index in [1.54, 1.807) is 6.92 Å². The number of nitro groups is 1. The van der Waals surface area contributed by atoms with Crippen molar-refractivity contribution in [3.63, 3.8) is 0 Å². The number of aromatic nitrogens is 2. The van der Waals surface area contributed by atoms with E-state index in [1.165, 1.54) is 48.5 Å². The maximum Gasteiger partial charge on any atom is 0.269 e. The molecule has 0 bridgehead atoms. The van der Waals surface area contributed by atoms with Crippen LogP contribution in [0.1, 0.15) is 18.9 Å². The van der Waals surface area contributed by atoms with E-state index >= 15 is 0 Å². The Morgan fingerprint density at radius 2 is 1.79 bits per heavy atom. The summed E-state index contributed by atoms with van der Waals surface area (Å²) in [5, 5.41) is 18.4. The third kappa shape index (κ3) is 3.37. The Balaban J connectivity index is 1.72. The van der Waals surface area contributed by atoms with Crippen molar-refractivity contribution in [1.82, 2.24) is 10.2 Å². The van der Waals surface area contributed by atoms with Gasteiger partial charge >= 0.3 is 0 Å². The first-order valence-electron chi connectivity index (χ1n) is 7.03. The Kier molecular flexibility index (Phi) is 4.19. The number of rotatable bonds is 5. The molecule has 2 aromatic carbocycles. The van der Waals surface area contributed by atoms with E-state index in [4.69, 9.17) is 9.15 Å². The van der Waals surface area contributed by atoms with Gasteiger partial charge in [-0.1, -0.05) is 0 Å². The largest absolute Gasteiger partial charge is 0.481 e. The fraction of sp³-hybridized carbons (Fsp3) is 0.125. The summed E-state index contributed by atoms with van der Waals surface area (Å²) >= 11 is 0. The highest BCUT2D eigenvalue weighted by Gasteiger charge is 2.17. The first-order valence-corrected chi connectivity index (χ1v) is 7.03. The van der Waals surface area contributed by atoms with Crippen molar-refractivity contribution >= 4 is 5.69 Å². The molecule has 1 aromatic heterocycles. The lowest BCUT2D eigenvalue weighted by atomic mass is 10.2. The molecule has 0 fully saturated rings. The fourth-order valence-electron chi connectivity index (χ4n) is 2.01. The molecule has 0 N–H and O–H groups in total. The number of nitro benzene ring substituents is 1. The van der Waals surface area contributed by atoms with Crippen molar-refractivity contribution in [2.75, 3.05) is 0 Å². The molecule has 24 heavy (non-hydrogen) atoms. The number of nitrogens with zero attached hydrogens (tertiary/aromatic N) is 3. The second-order valence-corrected chi connectivity index (χ2v) is 4.96. The Morgan fingerprint density at radius 1 is 1.12 bits per heavy atom. The molecule has 3 rings (SSSR count). The molecule has 0 aliphatic carbocycles. The number of halogens is 1. The molecule has 1 heterocycles. The van der Waals surface area contributed by atoms with Crippen LogP contribution in [-0.4, -0.2) is 15.1 Å². The predicted molar refractivity (Wildman–Crippen MR) is 81.8 cm³/mol. The van der Waals surface area contributed by atoms with Crippen LogP contribution in [0.2, 0.25) is 0 Å². The molecule has 8 heteroatoms. The lowest BCUT2D eigenvalue weighted by molar-refractivity contribution is -0.384. The molecule has 122 valence electrons. The van der Waals surface area contributed by atoms with E-state index in [-0.39, 0.29) is 23.3 Å². The maximum absolute atomic E-state index is 12.9. The Bertz CT molecular complexity index is 847. The molecule has 0 aliphatic heterocycles. The molecule has 7 nitrogen and oxygen atoms in total. The number of non-ortho nitro benzene ring substituents is 1. The summed E-state index contributed by atoms with van der Waals surface area (Å²) in [5.74, 6) is 0.583. The highest BCUT2D eigenvalue weighted by molar-refractivity contribution is 5.52. The summed E-state index contributed by atoms with van der Waals surface area (Å²) in [6.07, 6.45) is -0.548. The molecule has 0 saturated heterocycles. The standard InChI is InChI=1S/C16H12FN3O4/c1-10(23-14-8-6-13(7-9-14)20(21)22)15-18-19-16(24-15)11-2-4-12(17)5-3-11/h2-10H,1H3/t10-/m0/s1. The lowest BCUT2D eigenvalue weighted by Gasteiger charge is -2.10. The highest BCUT2D eigenvalue weighted by Crippen LogP contribution is 2.25. The first-order chi connectivity index (χ1) is 11.5. The number of hydrogen-bond donors (Lipinski definition) is 0. The van der Waals surface area contributed by atoms with E-state index in [1.807, 2.05) is 0 Å². The topological polar surface area (TPSA) is 91.3 Å². The van der Waals surface area contributed by atoms with Gasteiger partial charge in [-0.2, -0.15) is 0 Å². The van der Waals surface area contributed by atoms with Crippen LogP contribution in [0.15, 0.2) is 52.9 Å². The average Bonchev–Trinajstić information content (AvgIpc) is 3.06. The van der Waals surface area contributed by atoms with Crippen LogP contribution in [0.25, 0.3) is 11.5 Å². The van der Waals surface area contributed by atoms with Crippen molar-refractivity contribution < 1.29 is 18.5 Å². The van der Waals surface area contributed by atoms with Crippen LogP contribution in [0.4, 0.5) is 10.1 Å². The van der Waals surface area contributed by atoms with Crippen molar-refractivity contribution in [2.24, 2.45) is 0 Å². The molecule has 0 amide bonds. The Hall–Kier alpha value is -3.29. The van der Waals surface area contributed by atoms with Gasteiger partial charge in [0.25, 0.3) is 11.6 Å². The molecule has 0 unspecified atom stereocenters. The van der Waals surface area contributed by atoms with Gasteiger partial charge in [0.1, 0.15) is 11.6 Å². The Morgan fingerprint density at radius 3 is 2.42 bits per heavy atom. The SMILES string of the molecule is C[C@H](Oc1ccc([N+](=O)[O-])cc1)c1nnc(-c2ccc(F)cc2)o1. The summed E-state index contributed by atoms with van der Waals surface area (Å²) in [7, 11) is 0. The Labute approximate surface area is 135 Å². The third-order valence-corrected chi connectivity index (χ3v) is 3.24. The molecular formula is C16H12FN3O4. The normalized spacial score (nSPS) is 11.9. The smallest absolute Gasteiger partial charge is 0.269 e. The second kappa shape index (κ2) is 6.45. The second-order valence-electron chi connectivity index (χ2n) is 4.96. The monoisotopic (exact) mass is 329 g/mol. The van der Waals surface area contributed by atoms with Gasteiger partial charge in [0, 0.05) is 17.7 Å². The maximum atomic E-state index is 12.9. The van der Waals surface area contributed by atoms with Crippen molar-refractivity contribution in [3.8, 4) is 17.2 Å². The van der Waals surface area contributed by atoms with Crippen LogP contribution in [0.5, 0.6) is 5.75 Å². The first kappa shape index (κ1) is 15.6. The van der Waals surface area contributed by atoms with Gasteiger partial charge in [-0.15, -0.1) is 10.2 Å². The minimum absolute atomic E-state index is 0.0219. The van der Waals surface area contributed by atoms with Gasteiger partial charge in [-0.05, 0) is 43.3 Å². The zero-order valence-corrected chi connectivity index (χ0v) is 12.5. The zero-order chi connectivity index (χ0) is 17.1. The van der Waals surface area contributed by atoms with Crippen LogP contribution in [0, 0.1) is 15.9 Å². The van der Waals surface area contributed by atoms with Crippen LogP contribution >= 0.6 is 0 Å². The van der Waals surface area contributed by atoms with Crippen molar-refractivity contribution in [2.45, 2.75) is 13.0 Å². The number of hydrogen-bond acceptors (Lipinski definition) is 6. The molecule has 1 atom stereocenters. The quantitative estimate of drug-likeness (QED) is 0.520. The molecule has 0 aliphatic rings. The van der Waals surface area contributed by atoms with E-state index in [2.05, 4.69) is 10.2 Å². The van der Waals surface area contributed by atoms with Crippen LogP contribution in [-0.2, 0) is 0 Å². The summed E-state index contributed by atoms with van der Waals surface area (Å²) in [6.45, 7) is 1.71. The lowest BCUT2D eigenvalue weighted by Crippen LogP contribution is -2.03. The molecule has 0 radical (unpaired) electrons. The predicted octanol–water partition coefficient (Wildman–Crippen LogP) is 3.92. The number of benzene rings is 2. The summed E-state index contributed by atoms with van der Waals surface area (Å²) in [4.78, 5) is 10.1. The summed E-state index contributed by atoms with van der Waals surface area (Å²) < 4.78 is 24.1. The molecule has 0 saturated carbocycles. The van der Waals surface area contributed by atoms with Gasteiger partial charge in [-0.25, -0.2) is 4.39 Å². The minimum atomic E-state index is -0.548. The number of ether oxygens (including phenoxy) is 1. The van der Waals surface area contributed by atoms with E-state index in [9.17, 15) is 14.5 Å². The minimum Gasteiger partial charge on any atom is -0.481 e. The summed E-state index contributed by atoms with van der Waals surface area (Å²) in [5.41, 5.74) is 0.573. The van der Waals surface area contributed by atoms with E-state index in [0.717, 1.165) is 0 Å². The van der Waals surface area contributed by atoms with Gasteiger partial charge < -0.3 is 9.15 Å². The van der Waals surface area contributed by atoms with Gasteiger partial charge in [0.05, 0.1) is 4.92 Å². The fourth-order valence-corrected chi connectivity index (χ4v) is 2.01. The van der Waals surface area contributed by atoms with Gasteiger partial charge in [-0.3, -0.25) is 10.1 Å². The van der Waals surface area contributed by atoms with Crippen LogP contribution in [0.3, 0.4) is 0 Å². The van der Waals surface area contributed by atoms with Crippen molar-refractivity contribution in [3.05, 3.63) is 70.4 Å². The van der Waals surface area contributed by atoms with E-state index in [0.29, 0.717) is 11.3 Å². The van der Waals surface area contributed by atoms with Gasteiger partial charge in [0.2, 0.25) is 5.89 Å². The highest BCUT2D eigenvalue weighted by atomic mass is 19.1. The van der Waals surface area contributed by atoms with Gasteiger partial charge in [0.15, 0.2) is 6.10 Å². The molecule has 0 spiro atoms. The third-order valence-electron chi connectivity index (χ3n) is 3.24. The average molecular weight is 329 g/mol. The molecular weight excluding hydrogens is 317 g/mol. The zero-order valence-electron chi connectivity index (χ0n) is 12.5.